The summed E-state index contributed by atoms with van der Waals surface area (Å²) in [5.74, 6) is 0.689. The second kappa shape index (κ2) is 9.83. The van der Waals surface area contributed by atoms with Crippen molar-refractivity contribution in [3.05, 3.63) is 12.2 Å². The van der Waals surface area contributed by atoms with Gasteiger partial charge in [0.2, 0.25) is 0 Å². The monoisotopic (exact) mass is 260 g/mol. The van der Waals surface area contributed by atoms with E-state index in [9.17, 15) is 0 Å². The molecule has 17 heavy (non-hydrogen) atoms. The SMILES string of the molecule is CCO[Si](CC=CCC(C)C)(OCC)OCC. The van der Waals surface area contributed by atoms with Gasteiger partial charge in [-0.1, -0.05) is 26.0 Å². The predicted octanol–water partition coefficient (Wildman–Crippen LogP) is 3.64. The highest BCUT2D eigenvalue weighted by molar-refractivity contribution is 6.61. The van der Waals surface area contributed by atoms with Crippen molar-refractivity contribution in [1.29, 1.82) is 0 Å². The molecule has 0 heterocycles. The van der Waals surface area contributed by atoms with Crippen LogP contribution in [0.4, 0.5) is 0 Å². The van der Waals surface area contributed by atoms with Gasteiger partial charge in [-0.3, -0.25) is 0 Å². The second-order valence-corrected chi connectivity index (χ2v) is 6.93. The third-order valence-corrected chi connectivity index (χ3v) is 5.16. The number of allylic oxidation sites excluding steroid dienone is 2. The lowest BCUT2D eigenvalue weighted by Crippen LogP contribution is -2.45. The molecular formula is C13H28O3Si. The van der Waals surface area contributed by atoms with Gasteiger partial charge in [-0.15, -0.1) is 0 Å². The van der Waals surface area contributed by atoms with E-state index in [1.165, 1.54) is 0 Å². The molecule has 0 atom stereocenters. The first kappa shape index (κ1) is 16.8. The third kappa shape index (κ3) is 7.71. The molecule has 4 heteroatoms. The quantitative estimate of drug-likeness (QED) is 0.443. The van der Waals surface area contributed by atoms with Crippen molar-refractivity contribution in [1.82, 2.24) is 0 Å². The Kier molecular flexibility index (Phi) is 9.73. The summed E-state index contributed by atoms with van der Waals surface area (Å²) in [6.07, 6.45) is 5.44. The van der Waals surface area contributed by atoms with Crippen LogP contribution in [0.25, 0.3) is 0 Å². The van der Waals surface area contributed by atoms with Crippen molar-refractivity contribution >= 4 is 8.80 Å². The summed E-state index contributed by atoms with van der Waals surface area (Å²) in [4.78, 5) is 0. The minimum Gasteiger partial charge on any atom is -0.374 e. The van der Waals surface area contributed by atoms with Gasteiger partial charge in [0.1, 0.15) is 0 Å². The molecule has 3 nitrogen and oxygen atoms in total. The van der Waals surface area contributed by atoms with Crippen LogP contribution in [-0.4, -0.2) is 28.6 Å². The van der Waals surface area contributed by atoms with Crippen molar-refractivity contribution in [2.75, 3.05) is 19.8 Å². The Labute approximate surface area is 108 Å². The van der Waals surface area contributed by atoms with Gasteiger partial charge in [0.05, 0.1) is 0 Å². The zero-order chi connectivity index (χ0) is 13.1. The highest BCUT2D eigenvalue weighted by Gasteiger charge is 2.38. The number of hydrogen-bond acceptors (Lipinski definition) is 3. The van der Waals surface area contributed by atoms with E-state index in [1.807, 2.05) is 20.8 Å². The molecule has 0 aromatic carbocycles. The number of hydrogen-bond donors (Lipinski definition) is 0. The van der Waals surface area contributed by atoms with E-state index in [2.05, 4.69) is 26.0 Å². The molecule has 0 aliphatic heterocycles. The van der Waals surface area contributed by atoms with Crippen molar-refractivity contribution in [3.63, 3.8) is 0 Å². The van der Waals surface area contributed by atoms with Gasteiger partial charge in [-0.2, -0.15) is 0 Å². The Balaban J connectivity index is 4.37. The van der Waals surface area contributed by atoms with Gasteiger partial charge in [0.15, 0.2) is 0 Å². The molecule has 0 aliphatic carbocycles. The van der Waals surface area contributed by atoms with Crippen LogP contribution >= 0.6 is 0 Å². The lowest BCUT2D eigenvalue weighted by Gasteiger charge is -2.27. The van der Waals surface area contributed by atoms with E-state index in [-0.39, 0.29) is 0 Å². The molecule has 0 unspecified atom stereocenters. The van der Waals surface area contributed by atoms with Gasteiger partial charge >= 0.3 is 8.80 Å². The van der Waals surface area contributed by atoms with Crippen LogP contribution in [0, 0.1) is 5.92 Å². The van der Waals surface area contributed by atoms with Crippen LogP contribution in [0.5, 0.6) is 0 Å². The Morgan fingerprint density at radius 3 is 1.71 bits per heavy atom. The van der Waals surface area contributed by atoms with E-state index in [4.69, 9.17) is 13.3 Å². The highest BCUT2D eigenvalue weighted by atomic mass is 28.4. The van der Waals surface area contributed by atoms with E-state index in [0.717, 1.165) is 12.5 Å². The fourth-order valence-corrected chi connectivity index (χ4v) is 3.94. The van der Waals surface area contributed by atoms with E-state index in [0.29, 0.717) is 25.7 Å². The summed E-state index contributed by atoms with van der Waals surface area (Å²) in [5, 5.41) is 0. The van der Waals surface area contributed by atoms with Crippen LogP contribution < -0.4 is 0 Å². The molecule has 0 spiro atoms. The van der Waals surface area contributed by atoms with E-state index in [1.54, 1.807) is 0 Å². The Bertz CT molecular complexity index is 188. The third-order valence-electron chi connectivity index (χ3n) is 2.23. The largest absolute Gasteiger partial charge is 0.504 e. The molecule has 0 N–H and O–H groups in total. The molecule has 0 aromatic heterocycles. The standard InChI is InChI=1S/C13H28O3Si/c1-6-14-17(15-7-2,16-8-3)12-10-9-11-13(4)5/h9-10,13H,6-8,11-12H2,1-5H3. The van der Waals surface area contributed by atoms with Crippen LogP contribution in [-0.2, 0) is 13.3 Å². The maximum Gasteiger partial charge on any atom is 0.504 e. The van der Waals surface area contributed by atoms with Crippen molar-refractivity contribution in [2.45, 2.75) is 47.1 Å². The molecular weight excluding hydrogens is 232 g/mol. The van der Waals surface area contributed by atoms with Crippen LogP contribution in [0.3, 0.4) is 0 Å². The zero-order valence-electron chi connectivity index (χ0n) is 12.0. The Morgan fingerprint density at radius 2 is 1.35 bits per heavy atom. The minimum absolute atomic E-state index is 0.643. The van der Waals surface area contributed by atoms with Gasteiger partial charge in [0, 0.05) is 25.9 Å². The second-order valence-electron chi connectivity index (χ2n) is 4.29. The fourth-order valence-electron chi connectivity index (χ4n) is 1.56. The van der Waals surface area contributed by atoms with E-state index >= 15 is 0 Å². The summed E-state index contributed by atoms with van der Waals surface area (Å²) < 4.78 is 17.3. The molecule has 0 saturated heterocycles. The van der Waals surface area contributed by atoms with Gasteiger partial charge in [0.25, 0.3) is 0 Å². The average molecular weight is 260 g/mol. The molecule has 0 radical (unpaired) electrons. The van der Waals surface area contributed by atoms with Crippen LogP contribution in [0.1, 0.15) is 41.0 Å². The normalized spacial score (nSPS) is 12.8. The first-order chi connectivity index (χ1) is 8.10. The summed E-state index contributed by atoms with van der Waals surface area (Å²) in [6.45, 7) is 12.3. The van der Waals surface area contributed by atoms with Crippen LogP contribution in [0.2, 0.25) is 6.04 Å². The highest BCUT2D eigenvalue weighted by Crippen LogP contribution is 2.17. The fraction of sp³-hybridized carbons (Fsp3) is 0.846. The van der Waals surface area contributed by atoms with Gasteiger partial charge in [-0.25, -0.2) is 0 Å². The summed E-state index contributed by atoms with van der Waals surface area (Å²) in [6, 6.07) is 0.773. The molecule has 0 amide bonds. The molecule has 0 fully saturated rings. The predicted molar refractivity (Wildman–Crippen MR) is 74.0 cm³/mol. The Morgan fingerprint density at radius 1 is 0.882 bits per heavy atom. The zero-order valence-corrected chi connectivity index (χ0v) is 13.0. The number of rotatable bonds is 10. The summed E-state index contributed by atoms with van der Waals surface area (Å²) in [7, 11) is -2.45. The van der Waals surface area contributed by atoms with Crippen LogP contribution in [0.15, 0.2) is 12.2 Å². The maximum atomic E-state index is 5.76. The summed E-state index contributed by atoms with van der Waals surface area (Å²) >= 11 is 0. The molecule has 102 valence electrons. The van der Waals surface area contributed by atoms with Gasteiger partial charge in [-0.05, 0) is 33.1 Å². The minimum atomic E-state index is -2.45. The molecule has 0 aliphatic rings. The lowest BCUT2D eigenvalue weighted by molar-refractivity contribution is 0.0742. The average Bonchev–Trinajstić information content (AvgIpc) is 2.25. The molecule has 0 saturated carbocycles. The van der Waals surface area contributed by atoms with E-state index < -0.39 is 8.80 Å². The maximum absolute atomic E-state index is 5.76. The first-order valence-electron chi connectivity index (χ1n) is 6.67. The van der Waals surface area contributed by atoms with Crippen molar-refractivity contribution < 1.29 is 13.3 Å². The topological polar surface area (TPSA) is 27.7 Å². The summed E-state index contributed by atoms with van der Waals surface area (Å²) in [5.41, 5.74) is 0. The molecule has 0 bridgehead atoms. The van der Waals surface area contributed by atoms with Crippen molar-refractivity contribution in [2.24, 2.45) is 5.92 Å². The lowest BCUT2D eigenvalue weighted by atomic mass is 10.1. The molecule has 0 aromatic rings. The molecule has 0 rings (SSSR count). The Hall–Kier alpha value is -0.163. The van der Waals surface area contributed by atoms with Gasteiger partial charge < -0.3 is 13.3 Å². The first-order valence-corrected chi connectivity index (χ1v) is 8.60. The smallest absolute Gasteiger partial charge is 0.374 e. The van der Waals surface area contributed by atoms with Crippen molar-refractivity contribution in [3.8, 4) is 0 Å².